The van der Waals surface area contributed by atoms with E-state index in [1.54, 1.807) is 0 Å². The largest absolute Gasteiger partial charge is 0.394 e. The van der Waals surface area contributed by atoms with Gasteiger partial charge in [0.2, 0.25) is 11.8 Å². The minimum Gasteiger partial charge on any atom is -0.394 e. The van der Waals surface area contributed by atoms with Crippen LogP contribution in [0.3, 0.4) is 0 Å². The van der Waals surface area contributed by atoms with Gasteiger partial charge in [-0.25, -0.2) is 0 Å². The van der Waals surface area contributed by atoms with Gasteiger partial charge < -0.3 is 204 Å². The highest BCUT2D eigenvalue weighted by Gasteiger charge is 2.59. The lowest BCUT2D eigenvalue weighted by Crippen LogP contribution is -2.70. The molecule has 0 aromatic carbocycles. The van der Waals surface area contributed by atoms with Crippen LogP contribution < -0.4 is 10.6 Å². The van der Waals surface area contributed by atoms with Gasteiger partial charge >= 0.3 is 0 Å². The molecule has 0 aromatic heterocycles. The molecule has 8 aliphatic heterocycles. The average Bonchev–Trinajstić information content (AvgIpc) is 0.780. The smallest absolute Gasteiger partial charge is 0.217 e. The Kier molecular flexibility index (Phi) is 27.9. The number of hydrogen-bond acceptors (Lipinski definition) is 41. The van der Waals surface area contributed by atoms with Crippen molar-refractivity contribution in [3.05, 3.63) is 0 Å². The summed E-state index contributed by atoms with van der Waals surface area (Å²) in [4.78, 5) is 24.8. The number of amides is 2. The fourth-order valence-corrected chi connectivity index (χ4v) is 12.1. The van der Waals surface area contributed by atoms with Crippen molar-refractivity contribution < 1.29 is 203 Å². The number of carbonyl (C=O) groups is 2. The number of rotatable bonds is 24. The Bertz CT molecular complexity index is 2380. The molecule has 8 heterocycles. The van der Waals surface area contributed by atoms with Gasteiger partial charge in [-0.2, -0.15) is 0 Å². The van der Waals surface area contributed by atoms with E-state index in [9.17, 15) is 132 Å². The third-order valence-corrected chi connectivity index (χ3v) is 17.4. The normalized spacial score (nSPS) is 50.8. The molecule has 95 heavy (non-hydrogen) atoms. The van der Waals surface area contributed by atoms with Crippen molar-refractivity contribution in [2.75, 3.05) is 52.9 Å². The summed E-state index contributed by atoms with van der Waals surface area (Å²) in [5.74, 6) is -1.65. The van der Waals surface area contributed by atoms with Crippen LogP contribution >= 0.6 is 0 Å². The lowest BCUT2D eigenvalue weighted by atomic mass is 9.94. The molecule has 0 aromatic rings. The topological polar surface area (TPSA) is 682 Å². The molecule has 552 valence electrons. The van der Waals surface area contributed by atoms with E-state index in [2.05, 4.69) is 10.6 Å². The van der Waals surface area contributed by atoms with Crippen molar-refractivity contribution in [2.24, 2.45) is 0 Å². The predicted molar refractivity (Wildman–Crippen MR) is 288 cm³/mol. The van der Waals surface area contributed by atoms with Crippen LogP contribution in [0.25, 0.3) is 0 Å². The van der Waals surface area contributed by atoms with Crippen LogP contribution in [-0.4, -0.2) is 433 Å². The Morgan fingerprint density at radius 3 is 0.989 bits per heavy atom. The summed E-state index contributed by atoms with van der Waals surface area (Å²) in [5.41, 5.74) is 0. The Morgan fingerprint density at radius 2 is 0.568 bits per heavy atom. The van der Waals surface area contributed by atoms with E-state index < -0.39 is 310 Å². The van der Waals surface area contributed by atoms with Crippen LogP contribution in [-0.2, 0) is 80.6 Å². The first kappa shape index (κ1) is 78.1. The minimum atomic E-state index is -2.39. The lowest BCUT2D eigenvalue weighted by molar-refractivity contribution is -0.389. The van der Waals surface area contributed by atoms with E-state index in [4.69, 9.17) is 71.1 Å². The molecule has 0 radical (unpaired) electrons. The monoisotopic (exact) mass is 1400 g/mol. The maximum Gasteiger partial charge on any atom is 0.217 e. The Hall–Kier alpha value is -2.62. The van der Waals surface area contributed by atoms with Crippen LogP contribution in [0, 0.1) is 0 Å². The molecule has 2 amide bonds. The third-order valence-electron chi connectivity index (χ3n) is 17.4. The summed E-state index contributed by atoms with van der Waals surface area (Å²) >= 11 is 0. The van der Waals surface area contributed by atoms with E-state index in [0.717, 1.165) is 13.8 Å². The standard InChI is InChI=1S/C52H88N2O41/c1-11(61)53-21-29(69)40(17(7-59)83-45(21)80)91-46-22(54-12(2)62)30(70)41(18(8-60)88-46)92-51-39(79)43(94-49-36(76)32(72)24(64)14(4-56)85-49)28(68)20(90-51)9-81-47-38(78)42(93-48-35(75)31(71)23(63)13(3-55)84-48)27(67)19(89-47)10-82-52-44(34(74)26(66)16(6-58)87-52)95-50-37(77)33(73)25(65)15(5-57)86-50/h13-52,55-60,63-80H,3-10H2,1-2H3,(H,53,61)(H,54,62)/t13-,14-,15-,16-,17-,18-,19-,20-,21-,22-,23-,24-,25-,26-,27-,28-,29-,30-,31+,32+,33+,34+,35+,36+,37+,38+,39+,40-,41-,42+,43+,44+,45-,46+,47-,48-,49-,50-,51+,52+/m1/s1. The highest BCUT2D eigenvalue weighted by molar-refractivity contribution is 5.73. The van der Waals surface area contributed by atoms with E-state index in [1.807, 2.05) is 0 Å². The zero-order chi connectivity index (χ0) is 69.9. The minimum absolute atomic E-state index is 0.756. The zero-order valence-corrected chi connectivity index (χ0v) is 50.4. The number of aliphatic hydroxyl groups excluding tert-OH is 24. The molecule has 26 N–H and O–H groups in total. The number of nitrogens with one attached hydrogen (secondary N) is 2. The molecule has 43 heteroatoms. The highest BCUT2D eigenvalue weighted by Crippen LogP contribution is 2.38. The summed E-state index contributed by atoms with van der Waals surface area (Å²) in [6, 6.07) is -3.44. The van der Waals surface area contributed by atoms with Gasteiger partial charge in [-0.3, -0.25) is 9.59 Å². The van der Waals surface area contributed by atoms with Crippen LogP contribution in [0.2, 0.25) is 0 Å². The lowest BCUT2D eigenvalue weighted by Gasteiger charge is -2.50. The van der Waals surface area contributed by atoms with Crippen LogP contribution in [0.1, 0.15) is 13.8 Å². The zero-order valence-electron chi connectivity index (χ0n) is 50.4. The number of aliphatic hydroxyl groups is 24. The first-order valence-corrected chi connectivity index (χ1v) is 30.1. The second kappa shape index (κ2) is 33.9. The summed E-state index contributed by atoms with van der Waals surface area (Å²) in [6.07, 6.45) is -77.2. The summed E-state index contributed by atoms with van der Waals surface area (Å²) < 4.78 is 86.5. The molecule has 8 aliphatic rings. The van der Waals surface area contributed by atoms with Gasteiger partial charge in [0.15, 0.2) is 50.3 Å². The second-order valence-electron chi connectivity index (χ2n) is 23.9. The van der Waals surface area contributed by atoms with E-state index in [-0.39, 0.29) is 0 Å². The molecule has 43 nitrogen and oxygen atoms in total. The van der Waals surface area contributed by atoms with Crippen molar-refractivity contribution in [1.29, 1.82) is 0 Å². The summed E-state index contributed by atoms with van der Waals surface area (Å²) in [5, 5.41) is 265. The second-order valence-corrected chi connectivity index (χ2v) is 23.9. The Balaban J connectivity index is 1.09. The molecule has 8 saturated heterocycles. The van der Waals surface area contributed by atoms with Crippen molar-refractivity contribution in [3.63, 3.8) is 0 Å². The summed E-state index contributed by atoms with van der Waals surface area (Å²) in [6.45, 7) is -6.23. The fourth-order valence-electron chi connectivity index (χ4n) is 12.1. The van der Waals surface area contributed by atoms with Gasteiger partial charge in [0.1, 0.15) is 195 Å². The maximum absolute atomic E-state index is 12.8. The molecule has 8 fully saturated rings. The Morgan fingerprint density at radius 1 is 0.274 bits per heavy atom. The molecule has 0 aliphatic carbocycles. The SMILES string of the molecule is CC(=O)N[C@@H]1[C@@H](O)[C@H](O[C@@H]2O[C@H](CO)[C@@H](O[C@@H]3O[C@H](CO[C@@H]4O[C@H](CO[C@H]5O[C@H](CO)[C@@H](O)[C@H](O)[C@@H]5O[C@H]5O[C@H](CO)[C@@H](O)[C@H](O)[C@@H]5O)[C@@H](O)[C@H](O[C@H]5O[C@H](CO)[C@@H](O)[C@H](O)[C@@H]5O)[C@@H]4O)[C@@H](O)[C@H](O[C@H]4O[C@H](CO)[C@@H](O)[C@H](O)[C@@H]4O)[C@@H]3O)[C@H](O)[C@H]2NC(C)=O)[C@@H](CO)O[C@H]1O. The molecule has 0 spiro atoms. The van der Waals surface area contributed by atoms with E-state index in [0.29, 0.717) is 0 Å². The quantitative estimate of drug-likeness (QED) is 0.0427. The van der Waals surface area contributed by atoms with Gasteiger partial charge in [-0.05, 0) is 0 Å². The van der Waals surface area contributed by atoms with Gasteiger partial charge in [-0.1, -0.05) is 0 Å². The van der Waals surface area contributed by atoms with Gasteiger partial charge in [0.25, 0.3) is 0 Å². The molecule has 0 bridgehead atoms. The van der Waals surface area contributed by atoms with Crippen LogP contribution in [0.4, 0.5) is 0 Å². The molecular weight excluding hydrogens is 1310 g/mol. The fraction of sp³-hybridized carbons (Fsp3) is 0.962. The third kappa shape index (κ3) is 17.0. The van der Waals surface area contributed by atoms with Crippen LogP contribution in [0.15, 0.2) is 0 Å². The highest BCUT2D eigenvalue weighted by atomic mass is 16.8. The average molecular weight is 1400 g/mol. The van der Waals surface area contributed by atoms with E-state index in [1.165, 1.54) is 0 Å². The van der Waals surface area contributed by atoms with Crippen molar-refractivity contribution in [3.8, 4) is 0 Å². The van der Waals surface area contributed by atoms with Crippen molar-refractivity contribution in [1.82, 2.24) is 10.6 Å². The molecule has 0 saturated carbocycles. The predicted octanol–water partition coefficient (Wildman–Crippen LogP) is -18.2. The summed E-state index contributed by atoms with van der Waals surface area (Å²) in [7, 11) is 0. The molecular formula is C52H88N2O41. The van der Waals surface area contributed by atoms with Gasteiger partial charge in [0, 0.05) is 13.8 Å². The van der Waals surface area contributed by atoms with Crippen molar-refractivity contribution in [2.45, 2.75) is 259 Å². The molecule has 8 rings (SSSR count). The number of hydrogen-bond donors (Lipinski definition) is 26. The van der Waals surface area contributed by atoms with Crippen LogP contribution in [0.5, 0.6) is 0 Å². The van der Waals surface area contributed by atoms with Crippen molar-refractivity contribution >= 4 is 11.8 Å². The number of ether oxygens (including phenoxy) is 15. The van der Waals surface area contributed by atoms with Gasteiger partial charge in [-0.15, -0.1) is 0 Å². The molecule has 0 unspecified atom stereocenters. The first-order valence-electron chi connectivity index (χ1n) is 30.1. The maximum atomic E-state index is 12.8. The number of carbonyl (C=O) groups excluding carboxylic acids is 2. The Labute approximate surface area is 536 Å². The molecule has 40 atom stereocenters. The first-order chi connectivity index (χ1) is 44.9. The van der Waals surface area contributed by atoms with E-state index >= 15 is 0 Å². The van der Waals surface area contributed by atoms with Gasteiger partial charge in [0.05, 0.1) is 52.9 Å².